The van der Waals surface area contributed by atoms with Crippen molar-refractivity contribution in [2.24, 2.45) is 11.7 Å². The molecule has 14 heavy (non-hydrogen) atoms. The van der Waals surface area contributed by atoms with Crippen molar-refractivity contribution >= 4 is 0 Å². The molecule has 1 aliphatic carbocycles. The van der Waals surface area contributed by atoms with Gasteiger partial charge < -0.3 is 5.73 Å². The molecule has 0 saturated heterocycles. The van der Waals surface area contributed by atoms with Gasteiger partial charge in [-0.3, -0.25) is 0 Å². The molecule has 0 aromatic heterocycles. The van der Waals surface area contributed by atoms with E-state index >= 15 is 0 Å². The Labute approximate surface area is 84.1 Å². The fourth-order valence-electron chi connectivity index (χ4n) is 2.27. The van der Waals surface area contributed by atoms with Crippen molar-refractivity contribution in [2.75, 3.05) is 0 Å². The smallest absolute Gasteiger partial charge is 0.126 e. The van der Waals surface area contributed by atoms with Gasteiger partial charge in [0, 0.05) is 6.04 Å². The molecule has 2 N–H and O–H groups in total. The molecule has 2 atom stereocenters. The van der Waals surface area contributed by atoms with Gasteiger partial charge in [-0.2, -0.15) is 0 Å². The average molecular weight is 193 g/mol. The molecule has 1 saturated carbocycles. The minimum absolute atomic E-state index is 0.0760. The van der Waals surface area contributed by atoms with Crippen LogP contribution >= 0.6 is 0 Å². The third-order valence-electron chi connectivity index (χ3n) is 3.05. The molecule has 2 unspecified atom stereocenters. The van der Waals surface area contributed by atoms with Crippen molar-refractivity contribution in [2.45, 2.75) is 31.7 Å². The maximum atomic E-state index is 13.3. The highest BCUT2D eigenvalue weighted by atomic mass is 19.1. The van der Waals surface area contributed by atoms with Gasteiger partial charge in [0.15, 0.2) is 0 Å². The van der Waals surface area contributed by atoms with Crippen LogP contribution in [0, 0.1) is 11.7 Å². The molecular weight excluding hydrogens is 177 g/mol. The summed E-state index contributed by atoms with van der Waals surface area (Å²) < 4.78 is 13.3. The summed E-state index contributed by atoms with van der Waals surface area (Å²) in [7, 11) is 0. The summed E-state index contributed by atoms with van der Waals surface area (Å²) >= 11 is 0. The Morgan fingerprint density at radius 1 is 1.29 bits per heavy atom. The predicted molar refractivity (Wildman–Crippen MR) is 55.4 cm³/mol. The summed E-state index contributed by atoms with van der Waals surface area (Å²) in [5.74, 6) is 0.509. The van der Waals surface area contributed by atoms with Crippen molar-refractivity contribution in [1.29, 1.82) is 0 Å². The molecule has 1 aromatic carbocycles. The fraction of sp³-hybridized carbons (Fsp3) is 0.500. The number of halogens is 1. The lowest BCUT2D eigenvalue weighted by Gasteiger charge is -2.09. The highest BCUT2D eigenvalue weighted by Gasteiger charge is 2.22. The first-order chi connectivity index (χ1) is 6.75. The Kier molecular flexibility index (Phi) is 2.82. The minimum atomic E-state index is -0.0760. The SMILES string of the molecule is NC1CCC(Cc2ccccc2F)C1. The third-order valence-corrected chi connectivity index (χ3v) is 3.05. The Morgan fingerprint density at radius 2 is 2.07 bits per heavy atom. The van der Waals surface area contributed by atoms with E-state index in [2.05, 4.69) is 0 Å². The number of nitrogens with two attached hydrogens (primary N) is 1. The minimum Gasteiger partial charge on any atom is -0.328 e. The summed E-state index contributed by atoms with van der Waals surface area (Å²) in [5.41, 5.74) is 6.66. The molecule has 0 bridgehead atoms. The van der Waals surface area contributed by atoms with Gasteiger partial charge in [0.25, 0.3) is 0 Å². The maximum Gasteiger partial charge on any atom is 0.126 e. The van der Waals surface area contributed by atoms with Crippen molar-refractivity contribution in [3.63, 3.8) is 0 Å². The Balaban J connectivity index is 2.01. The molecule has 1 nitrogen and oxygen atoms in total. The second-order valence-electron chi connectivity index (χ2n) is 4.23. The van der Waals surface area contributed by atoms with Crippen LogP contribution in [0.3, 0.4) is 0 Å². The van der Waals surface area contributed by atoms with E-state index in [1.54, 1.807) is 6.07 Å². The second-order valence-corrected chi connectivity index (χ2v) is 4.23. The van der Waals surface area contributed by atoms with Gasteiger partial charge in [0.05, 0.1) is 0 Å². The topological polar surface area (TPSA) is 26.0 Å². The normalized spacial score (nSPS) is 26.7. The lowest BCUT2D eigenvalue weighted by Crippen LogP contribution is -2.15. The van der Waals surface area contributed by atoms with E-state index in [9.17, 15) is 4.39 Å². The van der Waals surface area contributed by atoms with Gasteiger partial charge >= 0.3 is 0 Å². The number of benzene rings is 1. The van der Waals surface area contributed by atoms with E-state index in [-0.39, 0.29) is 5.82 Å². The second kappa shape index (κ2) is 4.09. The molecule has 2 rings (SSSR count). The zero-order valence-corrected chi connectivity index (χ0v) is 8.25. The zero-order valence-electron chi connectivity index (χ0n) is 8.25. The zero-order chi connectivity index (χ0) is 9.97. The van der Waals surface area contributed by atoms with Crippen LogP contribution in [0.1, 0.15) is 24.8 Å². The summed E-state index contributed by atoms with van der Waals surface area (Å²) in [6.07, 6.45) is 4.14. The summed E-state index contributed by atoms with van der Waals surface area (Å²) in [6, 6.07) is 7.38. The highest BCUT2D eigenvalue weighted by Crippen LogP contribution is 2.28. The van der Waals surface area contributed by atoms with Crippen molar-refractivity contribution in [3.05, 3.63) is 35.6 Å². The van der Waals surface area contributed by atoms with Crippen molar-refractivity contribution < 1.29 is 4.39 Å². The molecule has 0 spiro atoms. The van der Waals surface area contributed by atoms with Crippen LogP contribution in [0.2, 0.25) is 0 Å². The van der Waals surface area contributed by atoms with Crippen LogP contribution in [-0.4, -0.2) is 6.04 Å². The van der Waals surface area contributed by atoms with Crippen LogP contribution in [0.15, 0.2) is 24.3 Å². The van der Waals surface area contributed by atoms with E-state index in [1.807, 2.05) is 12.1 Å². The number of hydrogen-bond acceptors (Lipinski definition) is 1. The number of rotatable bonds is 2. The highest BCUT2D eigenvalue weighted by molar-refractivity contribution is 5.18. The number of hydrogen-bond donors (Lipinski definition) is 1. The summed E-state index contributed by atoms with van der Waals surface area (Å²) in [4.78, 5) is 0. The third kappa shape index (κ3) is 2.13. The van der Waals surface area contributed by atoms with Gasteiger partial charge in [-0.05, 0) is 43.2 Å². The molecule has 1 fully saturated rings. The first-order valence-electron chi connectivity index (χ1n) is 5.24. The summed E-state index contributed by atoms with van der Waals surface area (Å²) in [5, 5.41) is 0. The van der Waals surface area contributed by atoms with Crippen molar-refractivity contribution in [3.8, 4) is 0 Å². The fourth-order valence-corrected chi connectivity index (χ4v) is 2.27. The molecule has 1 aromatic rings. The van der Waals surface area contributed by atoms with E-state index in [1.165, 1.54) is 6.07 Å². The predicted octanol–water partition coefficient (Wildman–Crippen LogP) is 2.50. The van der Waals surface area contributed by atoms with Crippen LogP contribution < -0.4 is 5.73 Å². The van der Waals surface area contributed by atoms with Crippen LogP contribution in [0.5, 0.6) is 0 Å². The van der Waals surface area contributed by atoms with Crippen LogP contribution in [-0.2, 0) is 6.42 Å². The van der Waals surface area contributed by atoms with Gasteiger partial charge in [-0.15, -0.1) is 0 Å². The summed E-state index contributed by atoms with van der Waals surface area (Å²) in [6.45, 7) is 0. The lowest BCUT2D eigenvalue weighted by molar-refractivity contribution is 0.513. The van der Waals surface area contributed by atoms with E-state index in [0.29, 0.717) is 12.0 Å². The molecule has 76 valence electrons. The molecule has 0 aliphatic heterocycles. The van der Waals surface area contributed by atoms with Gasteiger partial charge in [0.2, 0.25) is 0 Å². The van der Waals surface area contributed by atoms with E-state index < -0.39 is 0 Å². The Bertz CT molecular complexity index is 311. The van der Waals surface area contributed by atoms with E-state index in [0.717, 1.165) is 31.2 Å². The first kappa shape index (κ1) is 9.66. The van der Waals surface area contributed by atoms with Gasteiger partial charge in [-0.1, -0.05) is 18.2 Å². The van der Waals surface area contributed by atoms with Crippen LogP contribution in [0.4, 0.5) is 4.39 Å². The molecular formula is C12H16FN. The lowest BCUT2D eigenvalue weighted by atomic mass is 9.97. The largest absolute Gasteiger partial charge is 0.328 e. The van der Waals surface area contributed by atoms with Crippen molar-refractivity contribution in [1.82, 2.24) is 0 Å². The van der Waals surface area contributed by atoms with Gasteiger partial charge in [0.1, 0.15) is 5.82 Å². The maximum absolute atomic E-state index is 13.3. The molecule has 0 amide bonds. The van der Waals surface area contributed by atoms with E-state index in [4.69, 9.17) is 5.73 Å². The Hall–Kier alpha value is -0.890. The van der Waals surface area contributed by atoms with Crippen LogP contribution in [0.25, 0.3) is 0 Å². The Morgan fingerprint density at radius 3 is 2.71 bits per heavy atom. The molecule has 2 heteroatoms. The molecule has 0 radical (unpaired) electrons. The average Bonchev–Trinajstić information content (AvgIpc) is 2.56. The monoisotopic (exact) mass is 193 g/mol. The standard InChI is InChI=1S/C12H16FN/c13-12-4-2-1-3-10(12)7-9-5-6-11(14)8-9/h1-4,9,11H,5-8,14H2. The molecule has 1 aliphatic rings. The quantitative estimate of drug-likeness (QED) is 0.767. The molecule has 0 heterocycles. The van der Waals surface area contributed by atoms with Gasteiger partial charge in [-0.25, -0.2) is 4.39 Å². The first-order valence-corrected chi connectivity index (χ1v) is 5.24.